The molecule has 0 heterocycles. The summed E-state index contributed by atoms with van der Waals surface area (Å²) in [6, 6.07) is 12.0. The van der Waals surface area contributed by atoms with Gasteiger partial charge in [-0.25, -0.2) is 0 Å². The quantitative estimate of drug-likeness (QED) is 0.474. The average Bonchev–Trinajstić information content (AvgIpc) is 1.72. The Balaban J connectivity index is 0. The van der Waals surface area contributed by atoms with E-state index >= 15 is 0 Å². The van der Waals surface area contributed by atoms with Crippen LogP contribution in [-0.4, -0.2) is 29.6 Å². The van der Waals surface area contributed by atoms with Gasteiger partial charge in [-0.2, -0.15) is 0 Å². The first-order valence-electron chi connectivity index (χ1n) is 2.00. The largest absolute Gasteiger partial charge is 0.0623 e. The summed E-state index contributed by atoms with van der Waals surface area (Å²) >= 11 is 0. The van der Waals surface area contributed by atoms with Crippen molar-refractivity contribution in [2.45, 2.75) is 0 Å². The van der Waals surface area contributed by atoms with Crippen molar-refractivity contribution in [3.63, 3.8) is 0 Å². The summed E-state index contributed by atoms with van der Waals surface area (Å²) < 4.78 is 0. The maximum absolute atomic E-state index is 2.00. The third kappa shape index (κ3) is 4.72. The fraction of sp³-hybridized carbons (Fsp3) is 0. The van der Waals surface area contributed by atoms with Gasteiger partial charge in [0, 0.05) is 43.1 Å². The van der Waals surface area contributed by atoms with Crippen LogP contribution < -0.4 is 0 Å². The molecule has 0 N–H and O–H groups in total. The molecule has 8 heavy (non-hydrogen) atoms. The van der Waals surface area contributed by atoms with E-state index in [0.29, 0.717) is 0 Å². The van der Waals surface area contributed by atoms with Crippen LogP contribution in [0.25, 0.3) is 0 Å². The molecule has 0 bridgehead atoms. The second kappa shape index (κ2) is 7.57. The van der Waals surface area contributed by atoms with Gasteiger partial charge in [-0.15, -0.1) is 0 Å². The van der Waals surface area contributed by atoms with E-state index < -0.39 is 0 Å². The zero-order chi connectivity index (χ0) is 4.24. The Labute approximate surface area is 79.0 Å². The minimum absolute atomic E-state index is 0. The van der Waals surface area contributed by atoms with Gasteiger partial charge in [-0.05, 0) is 0 Å². The van der Waals surface area contributed by atoms with Crippen molar-refractivity contribution in [3.8, 4) is 0 Å². The molecule has 0 aliphatic carbocycles. The van der Waals surface area contributed by atoms with Crippen LogP contribution >= 0.6 is 13.5 Å². The maximum Gasteiger partial charge on any atom is 0 e. The van der Waals surface area contributed by atoms with Gasteiger partial charge in [-0.1, -0.05) is 36.4 Å². The minimum atomic E-state index is 0. The first kappa shape index (κ1) is 11.4. The Morgan fingerprint density at radius 2 is 0.625 bits per heavy atom. The summed E-state index contributed by atoms with van der Waals surface area (Å²) in [4.78, 5) is 0. The molecule has 37 valence electrons. The Kier molecular flexibility index (Phi) is 10.8. The molecule has 2 heteroatoms. The molecule has 0 aliphatic rings. The molecule has 0 atom stereocenters. The molecule has 0 unspecified atom stereocenters. The Morgan fingerprint density at radius 1 is 0.500 bits per heavy atom. The summed E-state index contributed by atoms with van der Waals surface area (Å²) in [5.74, 6) is 0. The van der Waals surface area contributed by atoms with Gasteiger partial charge in [0.1, 0.15) is 0 Å². The van der Waals surface area contributed by atoms with Crippen LogP contribution in [0.1, 0.15) is 0 Å². The van der Waals surface area contributed by atoms with Gasteiger partial charge in [0.25, 0.3) is 0 Å². The van der Waals surface area contributed by atoms with E-state index in [4.69, 9.17) is 0 Å². The summed E-state index contributed by atoms with van der Waals surface area (Å²) in [6.45, 7) is 0. The van der Waals surface area contributed by atoms with Gasteiger partial charge in [0.15, 0.2) is 0 Å². The maximum atomic E-state index is 2.00. The van der Waals surface area contributed by atoms with Gasteiger partial charge in [0.05, 0.1) is 0 Å². The third-order valence-corrected chi connectivity index (χ3v) is 0.667. The van der Waals surface area contributed by atoms with E-state index in [0.717, 1.165) is 0 Å². The Bertz CT molecular complexity index is 80.5. The predicted octanol–water partition coefficient (Wildman–Crippen LogP) is 1.95. The molecule has 3 radical (unpaired) electrons. The standard InChI is InChI=1S/C6H6.Na.S/c1-2-4-6-5-3-1;;/h1-6H;;. The van der Waals surface area contributed by atoms with Crippen LogP contribution in [-0.2, 0) is 0 Å². The van der Waals surface area contributed by atoms with Crippen molar-refractivity contribution >= 4 is 43.1 Å². The molecule has 1 rings (SSSR count). The Morgan fingerprint density at radius 3 is 0.750 bits per heavy atom. The Hall–Kier alpha value is 0.570. The zero-order valence-electron chi connectivity index (χ0n) is 4.87. The fourth-order valence-corrected chi connectivity index (χ4v) is 0.385. The number of hydrogen-bond donors (Lipinski definition) is 0. The van der Waals surface area contributed by atoms with E-state index in [1.54, 1.807) is 0 Å². The van der Waals surface area contributed by atoms with Gasteiger partial charge < -0.3 is 0 Å². The van der Waals surface area contributed by atoms with Crippen molar-refractivity contribution in [2.75, 3.05) is 0 Å². The van der Waals surface area contributed by atoms with Crippen molar-refractivity contribution in [2.24, 2.45) is 0 Å². The second-order valence-corrected chi connectivity index (χ2v) is 1.15. The topological polar surface area (TPSA) is 0 Å². The van der Waals surface area contributed by atoms with Gasteiger partial charge in [0.2, 0.25) is 0 Å². The van der Waals surface area contributed by atoms with Gasteiger partial charge in [-0.3, -0.25) is 0 Å². The zero-order valence-corrected chi connectivity index (χ0v) is 7.69. The SMILES string of the molecule is [Na].[S].c1ccccc1. The van der Waals surface area contributed by atoms with E-state index in [9.17, 15) is 0 Å². The molecule has 1 aromatic rings. The normalized spacial score (nSPS) is 6.00. The summed E-state index contributed by atoms with van der Waals surface area (Å²) in [7, 11) is 0. The average molecular weight is 133 g/mol. The van der Waals surface area contributed by atoms with Crippen molar-refractivity contribution in [1.29, 1.82) is 0 Å². The van der Waals surface area contributed by atoms with E-state index in [1.807, 2.05) is 36.4 Å². The van der Waals surface area contributed by atoms with Crippen molar-refractivity contribution < 1.29 is 0 Å². The molecule has 0 saturated heterocycles. The molecule has 0 saturated carbocycles. The molecular weight excluding hydrogens is 127 g/mol. The molecule has 0 nitrogen and oxygen atoms in total. The molecule has 0 aliphatic heterocycles. The fourth-order valence-electron chi connectivity index (χ4n) is 0.385. The van der Waals surface area contributed by atoms with Gasteiger partial charge >= 0.3 is 0 Å². The molecular formula is C6H6NaS. The monoisotopic (exact) mass is 133 g/mol. The van der Waals surface area contributed by atoms with E-state index in [1.165, 1.54) is 0 Å². The summed E-state index contributed by atoms with van der Waals surface area (Å²) in [5, 5.41) is 0. The number of hydrogen-bond acceptors (Lipinski definition) is 0. The summed E-state index contributed by atoms with van der Waals surface area (Å²) in [6.07, 6.45) is 0. The number of rotatable bonds is 0. The van der Waals surface area contributed by atoms with Crippen LogP contribution in [0, 0.1) is 0 Å². The third-order valence-electron chi connectivity index (χ3n) is 0.667. The molecule has 1 aromatic carbocycles. The first-order chi connectivity index (χ1) is 3.00. The van der Waals surface area contributed by atoms with Crippen LogP contribution in [0.4, 0.5) is 0 Å². The first-order valence-corrected chi connectivity index (χ1v) is 2.00. The van der Waals surface area contributed by atoms with Crippen LogP contribution in [0.15, 0.2) is 36.4 Å². The number of benzene rings is 1. The predicted molar refractivity (Wildman–Crippen MR) is 39.8 cm³/mol. The van der Waals surface area contributed by atoms with Crippen molar-refractivity contribution in [3.05, 3.63) is 36.4 Å². The molecule has 0 aromatic heterocycles. The molecule has 0 fully saturated rings. The summed E-state index contributed by atoms with van der Waals surface area (Å²) in [5.41, 5.74) is 0. The van der Waals surface area contributed by atoms with Crippen LogP contribution in [0.2, 0.25) is 0 Å². The van der Waals surface area contributed by atoms with E-state index in [2.05, 4.69) is 0 Å². The van der Waals surface area contributed by atoms with E-state index in [-0.39, 0.29) is 43.1 Å². The smallest absolute Gasteiger partial charge is 0 e. The molecule has 0 spiro atoms. The minimum Gasteiger partial charge on any atom is -0.0623 e. The van der Waals surface area contributed by atoms with Crippen molar-refractivity contribution in [1.82, 2.24) is 0 Å². The molecule has 0 amide bonds. The van der Waals surface area contributed by atoms with Crippen LogP contribution in [0.3, 0.4) is 0 Å². The second-order valence-electron chi connectivity index (χ2n) is 1.15. The van der Waals surface area contributed by atoms with Crippen LogP contribution in [0.5, 0.6) is 0 Å².